The minimum absolute atomic E-state index is 0.119. The van der Waals surface area contributed by atoms with Crippen LogP contribution in [0.4, 0.5) is 0 Å². The molecule has 278 valence electrons. The number of para-hydroxylation sites is 1. The van der Waals surface area contributed by atoms with Gasteiger partial charge in [-0.15, -0.1) is 0 Å². The van der Waals surface area contributed by atoms with Gasteiger partial charge in [-0.25, -0.2) is 9.97 Å². The number of hydrogen-bond donors (Lipinski definition) is 0. The van der Waals surface area contributed by atoms with Crippen molar-refractivity contribution in [2.75, 3.05) is 0 Å². The smallest absolute Gasteiger partial charge is 0.160 e. The first-order valence-corrected chi connectivity index (χ1v) is 20.7. The molecule has 58 heavy (non-hydrogen) atoms. The lowest BCUT2D eigenvalue weighted by Gasteiger charge is -2.27. The molecule has 3 aliphatic rings. The normalized spacial score (nSPS) is 16.7. The van der Waals surface area contributed by atoms with Gasteiger partial charge in [-0.2, -0.15) is 0 Å². The lowest BCUT2D eigenvalue weighted by molar-refractivity contribution is 0.636. The highest BCUT2D eigenvalue weighted by Gasteiger charge is 2.41. The van der Waals surface area contributed by atoms with Gasteiger partial charge in [0.25, 0.3) is 0 Å². The molecule has 2 aromatic heterocycles. The van der Waals surface area contributed by atoms with Crippen molar-refractivity contribution in [3.63, 3.8) is 0 Å². The zero-order valence-electron chi connectivity index (χ0n) is 33.6. The van der Waals surface area contributed by atoms with Crippen LogP contribution >= 0.6 is 0 Å². The average molecular weight is 746 g/mol. The second-order valence-electron chi connectivity index (χ2n) is 17.8. The lowest BCUT2D eigenvalue weighted by atomic mass is 9.81. The number of nitrogens with zero attached hydrogens (tertiary/aromatic N) is 3. The largest absolute Gasteiger partial charge is 0.309 e. The maximum absolute atomic E-state index is 5.68. The molecular weight excluding hydrogens is 703 g/mol. The Morgan fingerprint density at radius 3 is 2.07 bits per heavy atom. The molecule has 9 aromatic rings. The Balaban J connectivity index is 1.13. The van der Waals surface area contributed by atoms with E-state index in [2.05, 4.69) is 191 Å². The highest BCUT2D eigenvalue weighted by atomic mass is 15.0. The molecule has 3 aliphatic carbocycles. The van der Waals surface area contributed by atoms with E-state index in [4.69, 9.17) is 9.97 Å². The van der Waals surface area contributed by atoms with Gasteiger partial charge in [0.2, 0.25) is 0 Å². The highest BCUT2D eigenvalue weighted by molar-refractivity contribution is 6.14. The Morgan fingerprint density at radius 1 is 0.569 bits per heavy atom. The molecule has 0 saturated carbocycles. The van der Waals surface area contributed by atoms with Crippen LogP contribution in [0.5, 0.6) is 0 Å². The summed E-state index contributed by atoms with van der Waals surface area (Å²) in [5.41, 5.74) is 19.3. The summed E-state index contributed by atoms with van der Waals surface area (Å²) >= 11 is 0. The maximum atomic E-state index is 5.68. The lowest BCUT2D eigenvalue weighted by Crippen LogP contribution is -2.18. The first-order valence-electron chi connectivity index (χ1n) is 20.7. The maximum Gasteiger partial charge on any atom is 0.160 e. The van der Waals surface area contributed by atoms with Crippen molar-refractivity contribution in [2.24, 2.45) is 0 Å². The summed E-state index contributed by atoms with van der Waals surface area (Å²) < 4.78 is 2.52. The number of fused-ring (bicyclic) bond motifs is 11. The van der Waals surface area contributed by atoms with Crippen molar-refractivity contribution in [1.82, 2.24) is 14.5 Å². The number of benzene rings is 7. The second kappa shape index (κ2) is 11.7. The molecule has 3 nitrogen and oxygen atoms in total. The number of hydrogen-bond acceptors (Lipinski definition) is 2. The Hall–Kier alpha value is -6.58. The predicted molar refractivity (Wildman–Crippen MR) is 242 cm³/mol. The topological polar surface area (TPSA) is 30.7 Å². The molecule has 12 rings (SSSR count). The third-order valence-corrected chi connectivity index (χ3v) is 13.8. The Morgan fingerprint density at radius 2 is 1.24 bits per heavy atom. The monoisotopic (exact) mass is 745 g/mol. The zero-order valence-corrected chi connectivity index (χ0v) is 33.6. The molecular formula is C55H43N3. The molecule has 0 amide bonds. The van der Waals surface area contributed by atoms with Crippen LogP contribution in [0.15, 0.2) is 146 Å². The molecule has 1 atom stereocenters. The van der Waals surface area contributed by atoms with Crippen molar-refractivity contribution < 1.29 is 0 Å². The third-order valence-electron chi connectivity index (χ3n) is 13.8. The first-order chi connectivity index (χ1) is 28.2. The quantitative estimate of drug-likeness (QED) is 0.180. The third kappa shape index (κ3) is 4.45. The molecule has 0 bridgehead atoms. The number of aromatic nitrogens is 3. The van der Waals surface area contributed by atoms with Crippen molar-refractivity contribution in [1.29, 1.82) is 0 Å². The summed E-state index contributed by atoms with van der Waals surface area (Å²) in [4.78, 5) is 11.2. The molecule has 0 fully saturated rings. The van der Waals surface area contributed by atoms with E-state index in [1.54, 1.807) is 0 Å². The standard InChI is InChI=1S/C55H43N3/c1-32-15-14-21-39-40(27-28-47(49(32)39)58-46-24-13-10-19-38(46)42-29-33-16-6-7-17-34(33)31-48(42)58)51-50-41-20-9-12-23-44(41)55(4,5)52(50)57-53(56-51)35-25-26-37-36-18-8-11-22-43(36)54(2,3)45(37)30-35/h6-14,16-32H,15H2,1-5H3. The molecule has 0 spiro atoms. The fraction of sp³-hybridized carbons (Fsp3) is 0.164. The van der Waals surface area contributed by atoms with Gasteiger partial charge < -0.3 is 4.57 Å². The van der Waals surface area contributed by atoms with Crippen LogP contribution < -0.4 is 0 Å². The van der Waals surface area contributed by atoms with E-state index in [9.17, 15) is 0 Å². The van der Waals surface area contributed by atoms with E-state index in [1.165, 1.54) is 82.8 Å². The van der Waals surface area contributed by atoms with Gasteiger partial charge in [0, 0.05) is 38.3 Å². The molecule has 0 aliphatic heterocycles. The summed E-state index contributed by atoms with van der Waals surface area (Å²) in [5, 5.41) is 5.07. The summed E-state index contributed by atoms with van der Waals surface area (Å²) in [7, 11) is 0. The van der Waals surface area contributed by atoms with E-state index in [0.29, 0.717) is 5.92 Å². The summed E-state index contributed by atoms with van der Waals surface area (Å²) in [6, 6.07) is 51.7. The van der Waals surface area contributed by atoms with Gasteiger partial charge in [-0.1, -0.05) is 156 Å². The first kappa shape index (κ1) is 33.5. The van der Waals surface area contributed by atoms with Crippen molar-refractivity contribution >= 4 is 38.7 Å². The summed E-state index contributed by atoms with van der Waals surface area (Å²) in [6.45, 7) is 11.7. The average Bonchev–Trinajstić information content (AvgIpc) is 3.78. The van der Waals surface area contributed by atoms with Crippen LogP contribution in [-0.4, -0.2) is 14.5 Å². The van der Waals surface area contributed by atoms with Gasteiger partial charge in [0.05, 0.1) is 28.1 Å². The molecule has 0 saturated heterocycles. The minimum Gasteiger partial charge on any atom is -0.309 e. The Kier molecular flexibility index (Phi) is 6.79. The van der Waals surface area contributed by atoms with Crippen LogP contribution in [0.3, 0.4) is 0 Å². The fourth-order valence-corrected chi connectivity index (χ4v) is 10.9. The molecule has 7 aromatic carbocycles. The van der Waals surface area contributed by atoms with Crippen molar-refractivity contribution in [3.8, 4) is 50.6 Å². The fourth-order valence-electron chi connectivity index (χ4n) is 10.9. The van der Waals surface area contributed by atoms with Gasteiger partial charge >= 0.3 is 0 Å². The van der Waals surface area contributed by atoms with Crippen LogP contribution in [-0.2, 0) is 10.8 Å². The molecule has 3 heteroatoms. The van der Waals surface area contributed by atoms with E-state index >= 15 is 0 Å². The Labute approximate surface area is 339 Å². The van der Waals surface area contributed by atoms with Crippen molar-refractivity contribution in [3.05, 3.63) is 179 Å². The van der Waals surface area contributed by atoms with Gasteiger partial charge in [-0.05, 0) is 98.0 Å². The van der Waals surface area contributed by atoms with E-state index in [1.807, 2.05) is 0 Å². The van der Waals surface area contributed by atoms with E-state index in [-0.39, 0.29) is 10.8 Å². The van der Waals surface area contributed by atoms with E-state index in [0.717, 1.165) is 40.3 Å². The zero-order chi connectivity index (χ0) is 39.1. The number of allylic oxidation sites excluding steroid dienone is 1. The van der Waals surface area contributed by atoms with Crippen LogP contribution in [0, 0.1) is 0 Å². The van der Waals surface area contributed by atoms with Gasteiger partial charge in [-0.3, -0.25) is 0 Å². The van der Waals surface area contributed by atoms with E-state index < -0.39 is 0 Å². The van der Waals surface area contributed by atoms with Crippen LogP contribution in [0.25, 0.3) is 89.2 Å². The molecule has 0 radical (unpaired) electrons. The number of rotatable bonds is 3. The predicted octanol–water partition coefficient (Wildman–Crippen LogP) is 14.2. The highest BCUT2D eigenvalue weighted by Crippen LogP contribution is 2.54. The molecule has 0 N–H and O–H groups in total. The molecule has 2 heterocycles. The van der Waals surface area contributed by atoms with Gasteiger partial charge in [0.1, 0.15) is 0 Å². The SMILES string of the molecule is CC1CC=Cc2c(-c3nc(-c4ccc5c(c4)C(C)(C)c4ccccc4-5)nc4c3-c3ccccc3C4(C)C)ccc(-n3c4ccccc4c4cc5ccccc5cc43)c21. The summed E-state index contributed by atoms with van der Waals surface area (Å²) in [6.07, 6.45) is 5.71. The molecule has 1 unspecified atom stereocenters. The summed E-state index contributed by atoms with van der Waals surface area (Å²) in [5.74, 6) is 1.09. The van der Waals surface area contributed by atoms with Crippen LogP contribution in [0.2, 0.25) is 0 Å². The van der Waals surface area contributed by atoms with Crippen molar-refractivity contribution in [2.45, 2.75) is 57.8 Å². The van der Waals surface area contributed by atoms with Crippen LogP contribution in [0.1, 0.15) is 80.5 Å². The second-order valence-corrected chi connectivity index (χ2v) is 17.8. The Bertz CT molecular complexity index is 3280. The van der Waals surface area contributed by atoms with Gasteiger partial charge in [0.15, 0.2) is 5.82 Å². The minimum atomic E-state index is -0.292.